The van der Waals surface area contributed by atoms with Gasteiger partial charge in [-0.15, -0.1) is 12.3 Å². The van der Waals surface area contributed by atoms with Crippen LogP contribution in [0.3, 0.4) is 0 Å². The molecular formula is C13H25N3O. The van der Waals surface area contributed by atoms with Crippen LogP contribution in [-0.2, 0) is 4.79 Å². The molecule has 0 aromatic carbocycles. The molecule has 1 unspecified atom stereocenters. The SMILES string of the molecule is C#CCC(N)C(=O)NCCN(C(C)C)C(C)C. The molecule has 0 aliphatic carbocycles. The van der Waals surface area contributed by atoms with Crippen molar-refractivity contribution in [2.24, 2.45) is 5.73 Å². The van der Waals surface area contributed by atoms with E-state index in [1.165, 1.54) is 0 Å². The molecule has 0 bridgehead atoms. The largest absolute Gasteiger partial charge is 0.353 e. The van der Waals surface area contributed by atoms with Crippen LogP contribution in [-0.4, -0.2) is 42.0 Å². The summed E-state index contributed by atoms with van der Waals surface area (Å²) in [6.45, 7) is 10.0. The molecule has 4 heteroatoms. The van der Waals surface area contributed by atoms with Gasteiger partial charge in [0.25, 0.3) is 0 Å². The minimum atomic E-state index is -0.591. The number of nitrogens with two attached hydrogens (primary N) is 1. The van der Waals surface area contributed by atoms with E-state index >= 15 is 0 Å². The quantitative estimate of drug-likeness (QED) is 0.639. The highest BCUT2D eigenvalue weighted by Crippen LogP contribution is 2.03. The predicted molar refractivity (Wildman–Crippen MR) is 71.4 cm³/mol. The first-order valence-electron chi connectivity index (χ1n) is 6.12. The molecule has 98 valence electrons. The summed E-state index contributed by atoms with van der Waals surface area (Å²) in [7, 11) is 0. The molecule has 0 aromatic heterocycles. The van der Waals surface area contributed by atoms with Gasteiger partial charge in [-0.05, 0) is 27.7 Å². The van der Waals surface area contributed by atoms with Crippen LogP contribution in [0.25, 0.3) is 0 Å². The smallest absolute Gasteiger partial charge is 0.237 e. The van der Waals surface area contributed by atoms with E-state index in [4.69, 9.17) is 12.2 Å². The van der Waals surface area contributed by atoms with E-state index in [2.05, 4.69) is 43.8 Å². The fourth-order valence-electron chi connectivity index (χ4n) is 1.77. The maximum Gasteiger partial charge on any atom is 0.237 e. The van der Waals surface area contributed by atoms with E-state index < -0.39 is 6.04 Å². The predicted octanol–water partition coefficient (Wildman–Crippen LogP) is 0.572. The summed E-state index contributed by atoms with van der Waals surface area (Å²) in [4.78, 5) is 13.8. The standard InChI is InChI=1S/C13H25N3O/c1-6-7-12(14)13(17)15-8-9-16(10(2)3)11(4)5/h1,10-12H,7-9,14H2,2-5H3,(H,15,17). The summed E-state index contributed by atoms with van der Waals surface area (Å²) in [6.07, 6.45) is 5.39. The van der Waals surface area contributed by atoms with Crippen molar-refractivity contribution in [2.45, 2.75) is 52.2 Å². The van der Waals surface area contributed by atoms with Gasteiger partial charge in [0.05, 0.1) is 6.04 Å². The van der Waals surface area contributed by atoms with E-state index in [0.717, 1.165) is 6.54 Å². The highest BCUT2D eigenvalue weighted by molar-refractivity contribution is 5.81. The Hall–Kier alpha value is -1.05. The Labute approximate surface area is 105 Å². The van der Waals surface area contributed by atoms with E-state index in [-0.39, 0.29) is 12.3 Å². The third kappa shape index (κ3) is 6.30. The van der Waals surface area contributed by atoms with Gasteiger partial charge in [0.15, 0.2) is 0 Å². The third-order valence-electron chi connectivity index (χ3n) is 2.67. The van der Waals surface area contributed by atoms with Crippen LogP contribution in [0, 0.1) is 12.3 Å². The average molecular weight is 239 g/mol. The Balaban J connectivity index is 3.97. The van der Waals surface area contributed by atoms with Crippen molar-refractivity contribution in [3.05, 3.63) is 0 Å². The Kier molecular flexibility index (Phi) is 7.60. The van der Waals surface area contributed by atoms with Gasteiger partial charge in [-0.25, -0.2) is 0 Å². The Morgan fingerprint density at radius 3 is 2.29 bits per heavy atom. The van der Waals surface area contributed by atoms with Crippen LogP contribution in [0.4, 0.5) is 0 Å². The summed E-state index contributed by atoms with van der Waals surface area (Å²) in [5.41, 5.74) is 5.60. The summed E-state index contributed by atoms with van der Waals surface area (Å²) in [6, 6.07) is 0.337. The Bertz CT molecular complexity index is 260. The van der Waals surface area contributed by atoms with Gasteiger partial charge in [0.1, 0.15) is 0 Å². The second-order valence-corrected chi connectivity index (χ2v) is 4.73. The highest BCUT2D eigenvalue weighted by Gasteiger charge is 2.15. The molecule has 0 radical (unpaired) electrons. The van der Waals surface area contributed by atoms with Gasteiger partial charge < -0.3 is 11.1 Å². The van der Waals surface area contributed by atoms with Crippen LogP contribution in [0.5, 0.6) is 0 Å². The van der Waals surface area contributed by atoms with E-state index in [1.807, 2.05) is 0 Å². The molecule has 0 rings (SSSR count). The number of hydrogen-bond donors (Lipinski definition) is 2. The number of terminal acetylenes is 1. The monoisotopic (exact) mass is 239 g/mol. The fourth-order valence-corrected chi connectivity index (χ4v) is 1.77. The highest BCUT2D eigenvalue weighted by atomic mass is 16.2. The van der Waals surface area contributed by atoms with Gasteiger partial charge in [0, 0.05) is 31.6 Å². The zero-order chi connectivity index (χ0) is 13.4. The molecule has 0 aromatic rings. The summed E-state index contributed by atoms with van der Waals surface area (Å²) >= 11 is 0. The van der Waals surface area contributed by atoms with E-state index in [1.54, 1.807) is 0 Å². The van der Waals surface area contributed by atoms with E-state index in [0.29, 0.717) is 18.6 Å². The van der Waals surface area contributed by atoms with Crippen molar-refractivity contribution in [2.75, 3.05) is 13.1 Å². The van der Waals surface area contributed by atoms with Gasteiger partial charge in [-0.1, -0.05) is 0 Å². The van der Waals surface area contributed by atoms with Crippen molar-refractivity contribution < 1.29 is 4.79 Å². The fraction of sp³-hybridized carbons (Fsp3) is 0.769. The van der Waals surface area contributed by atoms with Crippen LogP contribution in [0.15, 0.2) is 0 Å². The molecule has 0 saturated carbocycles. The molecule has 1 atom stereocenters. The molecule has 0 aliphatic heterocycles. The zero-order valence-electron chi connectivity index (χ0n) is 11.4. The Morgan fingerprint density at radius 1 is 1.35 bits per heavy atom. The Morgan fingerprint density at radius 2 is 1.88 bits per heavy atom. The van der Waals surface area contributed by atoms with Crippen LogP contribution in [0.1, 0.15) is 34.1 Å². The molecule has 0 spiro atoms. The average Bonchev–Trinajstić information content (AvgIpc) is 2.23. The number of carbonyl (C=O) groups excluding carboxylic acids is 1. The van der Waals surface area contributed by atoms with Crippen molar-refractivity contribution in [3.8, 4) is 12.3 Å². The summed E-state index contributed by atoms with van der Waals surface area (Å²) in [5.74, 6) is 2.22. The molecule has 0 saturated heterocycles. The first-order chi connectivity index (χ1) is 7.90. The number of amides is 1. The van der Waals surface area contributed by atoms with Gasteiger partial charge >= 0.3 is 0 Å². The van der Waals surface area contributed by atoms with Crippen LogP contribution >= 0.6 is 0 Å². The minimum absolute atomic E-state index is 0.171. The molecule has 0 heterocycles. The topological polar surface area (TPSA) is 58.4 Å². The second kappa shape index (κ2) is 8.10. The molecule has 0 aliphatic rings. The van der Waals surface area contributed by atoms with Crippen LogP contribution < -0.4 is 11.1 Å². The van der Waals surface area contributed by atoms with Crippen molar-refractivity contribution in [1.29, 1.82) is 0 Å². The van der Waals surface area contributed by atoms with Crippen LogP contribution in [0.2, 0.25) is 0 Å². The number of hydrogen-bond acceptors (Lipinski definition) is 3. The number of rotatable bonds is 7. The second-order valence-electron chi connectivity index (χ2n) is 4.73. The molecule has 1 amide bonds. The maximum absolute atomic E-state index is 11.5. The molecule has 0 fully saturated rings. The lowest BCUT2D eigenvalue weighted by atomic mass is 10.2. The lowest BCUT2D eigenvalue weighted by Gasteiger charge is -2.30. The summed E-state index contributed by atoms with van der Waals surface area (Å²) < 4.78 is 0. The van der Waals surface area contributed by atoms with Gasteiger partial charge in [-0.2, -0.15) is 0 Å². The van der Waals surface area contributed by atoms with Crippen molar-refractivity contribution >= 4 is 5.91 Å². The number of nitrogens with zero attached hydrogens (tertiary/aromatic N) is 1. The normalized spacial score (nSPS) is 12.9. The van der Waals surface area contributed by atoms with Gasteiger partial charge in [-0.3, -0.25) is 9.69 Å². The lowest BCUT2D eigenvalue weighted by molar-refractivity contribution is -0.122. The molecule has 3 N–H and O–H groups in total. The third-order valence-corrected chi connectivity index (χ3v) is 2.67. The maximum atomic E-state index is 11.5. The first kappa shape index (κ1) is 16.0. The lowest BCUT2D eigenvalue weighted by Crippen LogP contribution is -2.46. The van der Waals surface area contributed by atoms with Gasteiger partial charge in [0.2, 0.25) is 5.91 Å². The molecule has 4 nitrogen and oxygen atoms in total. The minimum Gasteiger partial charge on any atom is -0.353 e. The van der Waals surface area contributed by atoms with E-state index in [9.17, 15) is 4.79 Å². The summed E-state index contributed by atoms with van der Waals surface area (Å²) in [5, 5.41) is 2.81. The van der Waals surface area contributed by atoms with Crippen molar-refractivity contribution in [3.63, 3.8) is 0 Å². The number of carbonyl (C=O) groups is 1. The number of nitrogens with one attached hydrogen (secondary N) is 1. The zero-order valence-corrected chi connectivity index (χ0v) is 11.4. The van der Waals surface area contributed by atoms with Crippen molar-refractivity contribution in [1.82, 2.24) is 10.2 Å². The molecule has 17 heavy (non-hydrogen) atoms. The first-order valence-corrected chi connectivity index (χ1v) is 6.12. The molecular weight excluding hydrogens is 214 g/mol.